The van der Waals surface area contributed by atoms with Gasteiger partial charge in [-0.15, -0.1) is 20.4 Å². The largest absolute Gasteiger partial charge is 0.483 e. The normalized spacial score (nSPS) is 28.0. The maximum Gasteiger partial charge on any atom is 0.186 e. The van der Waals surface area contributed by atoms with Crippen LogP contribution in [0.4, 0.5) is 0 Å². The molecule has 4 aliphatic rings. The van der Waals surface area contributed by atoms with Crippen LogP contribution in [0.5, 0.6) is 23.0 Å². The number of nitrogens with zero attached hydrogens (tertiary/aromatic N) is 12. The molecule has 40 nitrogen and oxygen atoms in total. The van der Waals surface area contributed by atoms with E-state index < -0.39 is 149 Å². The standard InChI is InChI=1S/C78H122N12O28/c1-47(31-49-19-21-55(111-43-51-35-87(83-79-51)23-11-3-7-15-27-107-75-71(103)67(99)63(95)59(39-91)115-75)57(33-49)113-45-53-37-89(85-81-53)25-13-5-9-17-29-109-77-73(105)69(101)65(97)61(41-93)117-77)48(2)32-50-20-22-56(112-44-52-36-88(84-80-52)24-12-4-8-16-28-108-76-72(104)68(100)64(96)60(40-92)116-76)58(34-50)114-46-54-38-90(86-82-54)26-14-6-10-18-30-110-78-74(106)70(102)66(98)62(42-94)118-78/h19-22,33-38,47-48,59-78,91-106H,3-18,23-32,39-46H2,1-2H3/t47-,48+,59-,60-,61-,62-,63-,64-,65-,66-,67+,68+,69+,70+,71-,72-,73-,74-,75-,76-,77-,78-/m1/s1. The molecule has 4 aromatic heterocycles. The Kier molecular flexibility index (Phi) is 38.2. The third-order valence-corrected chi connectivity index (χ3v) is 21.6. The SMILES string of the molecule is C[C@H](Cc1ccc(OCc2cn(CCCCCCO[C@@H]3O[C@H](CO)[C@@H](O)[C@H](O)[C@H]3O)nn2)c(OCc2cn(CCCCCCO[C@@H]3O[C@H](CO)[C@@H](O)[C@H](O)[C@H]3O)nn2)c1)[C@@H](C)Cc1ccc(OCc2cn(CCCCCCO[C@@H]3O[C@H](CO)[C@@H](O)[C@H](O)[C@H]3O)nn2)c(OCc2cn(CCCCCCO[C@@H]3O[C@H](CO)[C@@H](O)[C@H](O)[C@H]3O)nn2)c1. The van der Waals surface area contributed by atoms with Crippen LogP contribution in [0.25, 0.3) is 0 Å². The van der Waals surface area contributed by atoms with Crippen molar-refractivity contribution in [1.29, 1.82) is 0 Å². The first-order chi connectivity index (χ1) is 57.1. The number of hydrogen-bond acceptors (Lipinski definition) is 36. The summed E-state index contributed by atoms with van der Waals surface area (Å²) in [7, 11) is 0. The fourth-order valence-corrected chi connectivity index (χ4v) is 14.2. The second-order valence-electron chi connectivity index (χ2n) is 30.9. The summed E-state index contributed by atoms with van der Waals surface area (Å²) in [5, 5.41) is 195. The van der Waals surface area contributed by atoms with E-state index in [2.05, 4.69) is 55.1 Å². The van der Waals surface area contributed by atoms with Gasteiger partial charge >= 0.3 is 0 Å². The molecule has 0 saturated carbocycles. The topological polar surface area (TPSA) is 557 Å². The van der Waals surface area contributed by atoms with Crippen molar-refractivity contribution in [2.45, 2.75) is 305 Å². The lowest BCUT2D eigenvalue weighted by Gasteiger charge is -2.39. The second-order valence-corrected chi connectivity index (χ2v) is 30.9. The lowest BCUT2D eigenvalue weighted by Crippen LogP contribution is -2.59. The van der Waals surface area contributed by atoms with Crippen molar-refractivity contribution in [1.82, 2.24) is 60.0 Å². The van der Waals surface area contributed by atoms with Crippen LogP contribution in [0.15, 0.2) is 61.2 Å². The van der Waals surface area contributed by atoms with Crippen LogP contribution in [0.2, 0.25) is 0 Å². The third-order valence-electron chi connectivity index (χ3n) is 21.6. The van der Waals surface area contributed by atoms with Gasteiger partial charge in [0, 0.05) is 52.6 Å². The van der Waals surface area contributed by atoms with E-state index in [1.165, 1.54) is 0 Å². The molecule has 0 aliphatic carbocycles. The van der Waals surface area contributed by atoms with Crippen LogP contribution in [-0.2, 0) is 103 Å². The van der Waals surface area contributed by atoms with Gasteiger partial charge in [-0.2, -0.15) is 0 Å². The Morgan fingerprint density at radius 2 is 0.542 bits per heavy atom. The van der Waals surface area contributed by atoms with Crippen molar-refractivity contribution in [2.75, 3.05) is 52.9 Å². The van der Waals surface area contributed by atoms with Gasteiger partial charge in [0.25, 0.3) is 0 Å². The summed E-state index contributed by atoms with van der Waals surface area (Å²) in [5.74, 6) is 2.24. The summed E-state index contributed by atoms with van der Waals surface area (Å²) in [4.78, 5) is 0. The monoisotopic (exact) mass is 1670 g/mol. The summed E-state index contributed by atoms with van der Waals surface area (Å²) in [6.07, 6.45) is -5.68. The molecule has 4 aliphatic heterocycles. The van der Waals surface area contributed by atoms with Crippen molar-refractivity contribution in [3.05, 3.63) is 95.1 Å². The number of aliphatic hydroxyl groups is 16. The Morgan fingerprint density at radius 3 is 0.788 bits per heavy atom. The Balaban J connectivity index is 0.732. The summed E-state index contributed by atoms with van der Waals surface area (Å²) < 4.78 is 77.3. The van der Waals surface area contributed by atoms with E-state index in [9.17, 15) is 81.7 Å². The highest BCUT2D eigenvalue weighted by atomic mass is 16.7. The molecule has 8 heterocycles. The van der Waals surface area contributed by atoms with Gasteiger partial charge in [-0.1, -0.05) is 98.2 Å². The summed E-state index contributed by atoms with van der Waals surface area (Å²) in [6.45, 7) is 5.95. The number of benzene rings is 2. The number of aryl methyl sites for hydroxylation is 4. The maximum absolute atomic E-state index is 10.3. The molecule has 6 aromatic rings. The van der Waals surface area contributed by atoms with Crippen LogP contribution in [0.1, 0.15) is 150 Å². The van der Waals surface area contributed by atoms with Crippen LogP contribution in [-0.4, -0.2) is 317 Å². The number of aliphatic hydroxyl groups excluding tert-OH is 16. The minimum atomic E-state index is -1.51. The van der Waals surface area contributed by atoms with E-state index in [-0.39, 0.29) is 64.7 Å². The molecule has 0 unspecified atom stereocenters. The van der Waals surface area contributed by atoms with E-state index >= 15 is 0 Å². The second kappa shape index (κ2) is 48.2. The molecule has 0 spiro atoms. The first-order valence-corrected chi connectivity index (χ1v) is 41.1. The van der Waals surface area contributed by atoms with E-state index in [0.717, 1.165) is 88.2 Å². The third kappa shape index (κ3) is 27.6. The van der Waals surface area contributed by atoms with Crippen molar-refractivity contribution < 1.29 is 139 Å². The van der Waals surface area contributed by atoms with Crippen LogP contribution in [0.3, 0.4) is 0 Å². The van der Waals surface area contributed by atoms with E-state index in [1.807, 2.05) is 61.2 Å². The van der Waals surface area contributed by atoms with Crippen molar-refractivity contribution in [3.8, 4) is 23.0 Å². The van der Waals surface area contributed by atoms with E-state index in [4.69, 9.17) is 56.8 Å². The van der Waals surface area contributed by atoms with Crippen molar-refractivity contribution in [3.63, 3.8) is 0 Å². The summed E-state index contributed by atoms with van der Waals surface area (Å²) in [6, 6.07) is 11.8. The number of ether oxygens (including phenoxy) is 12. The Hall–Kier alpha value is -6.76. The Labute approximate surface area is 683 Å². The molecule has 662 valence electrons. The average molecular weight is 1680 g/mol. The van der Waals surface area contributed by atoms with Gasteiger partial charge in [0.2, 0.25) is 0 Å². The molecule has 0 radical (unpaired) electrons. The highest BCUT2D eigenvalue weighted by Crippen LogP contribution is 2.36. The zero-order valence-corrected chi connectivity index (χ0v) is 66.9. The minimum absolute atomic E-state index is 0.0849. The predicted molar refractivity (Wildman–Crippen MR) is 409 cm³/mol. The highest BCUT2D eigenvalue weighted by molar-refractivity contribution is 5.44. The van der Waals surface area contributed by atoms with Gasteiger partial charge in [-0.25, -0.2) is 0 Å². The lowest BCUT2D eigenvalue weighted by atomic mass is 9.85. The summed E-state index contributed by atoms with van der Waals surface area (Å²) in [5.41, 5.74) is 4.40. The van der Waals surface area contributed by atoms with E-state index in [1.54, 1.807) is 18.7 Å². The fraction of sp³-hybridized carbons (Fsp3) is 0.744. The average Bonchev–Trinajstić information content (AvgIpc) is 1.56. The van der Waals surface area contributed by atoms with Gasteiger partial charge in [-0.3, -0.25) is 18.7 Å². The zero-order chi connectivity index (χ0) is 84.0. The predicted octanol–water partition coefficient (Wildman–Crippen LogP) is -1.07. The molecule has 22 atom stereocenters. The molecule has 118 heavy (non-hydrogen) atoms. The van der Waals surface area contributed by atoms with Gasteiger partial charge < -0.3 is 139 Å². The number of unbranched alkanes of at least 4 members (excludes halogenated alkanes) is 12. The van der Waals surface area contributed by atoms with Crippen LogP contribution >= 0.6 is 0 Å². The number of aromatic nitrogens is 12. The van der Waals surface area contributed by atoms with Gasteiger partial charge in [0.1, 0.15) is 147 Å². The minimum Gasteiger partial charge on any atom is -0.483 e. The van der Waals surface area contributed by atoms with E-state index in [0.29, 0.717) is 110 Å². The molecule has 4 fully saturated rings. The maximum atomic E-state index is 10.3. The smallest absolute Gasteiger partial charge is 0.186 e. The number of rotatable bonds is 53. The molecule has 10 rings (SSSR count). The Morgan fingerprint density at radius 1 is 0.305 bits per heavy atom. The highest BCUT2D eigenvalue weighted by Gasteiger charge is 2.47. The lowest BCUT2D eigenvalue weighted by molar-refractivity contribution is -0.301. The quantitative estimate of drug-likeness (QED) is 0.0202. The Bertz CT molecular complexity index is 3560. The molecule has 0 bridgehead atoms. The van der Waals surface area contributed by atoms with Gasteiger partial charge in [-0.05, 0) is 111 Å². The summed E-state index contributed by atoms with van der Waals surface area (Å²) >= 11 is 0. The van der Waals surface area contributed by atoms with Crippen LogP contribution < -0.4 is 18.9 Å². The molecule has 16 N–H and O–H groups in total. The van der Waals surface area contributed by atoms with Crippen molar-refractivity contribution >= 4 is 0 Å². The van der Waals surface area contributed by atoms with Crippen molar-refractivity contribution in [2.24, 2.45) is 11.8 Å². The van der Waals surface area contributed by atoms with Gasteiger partial charge in [0.15, 0.2) is 48.2 Å². The first kappa shape index (κ1) is 93.5. The fourth-order valence-electron chi connectivity index (χ4n) is 14.2. The molecular formula is C78H122N12O28. The first-order valence-electron chi connectivity index (χ1n) is 41.1. The van der Waals surface area contributed by atoms with Gasteiger partial charge in [0.05, 0.1) is 51.2 Å². The zero-order valence-electron chi connectivity index (χ0n) is 66.9. The molecule has 40 heteroatoms. The molecule has 2 aromatic carbocycles. The molecule has 4 saturated heterocycles. The number of hydrogen-bond donors (Lipinski definition) is 16. The van der Waals surface area contributed by atoms with Crippen LogP contribution in [0, 0.1) is 11.8 Å². The molecular weight excluding hydrogens is 1550 g/mol. The molecule has 0 amide bonds.